The summed E-state index contributed by atoms with van der Waals surface area (Å²) in [5.74, 6) is 0.346. The molecule has 3 rings (SSSR count). The maximum Gasteiger partial charge on any atom is 0.0485 e. The van der Waals surface area contributed by atoms with E-state index in [0.29, 0.717) is 16.0 Å². The van der Waals surface area contributed by atoms with Gasteiger partial charge in [-0.05, 0) is 55.6 Å². The monoisotopic (exact) mass is 320 g/mol. The lowest BCUT2D eigenvalue weighted by Gasteiger charge is -2.32. The second kappa shape index (κ2) is 6.35. The molecule has 2 atom stereocenters. The van der Waals surface area contributed by atoms with Gasteiger partial charge >= 0.3 is 0 Å². The van der Waals surface area contributed by atoms with Crippen molar-refractivity contribution in [1.29, 1.82) is 0 Å². The number of aryl methyl sites for hydroxylation is 1. The third-order valence-corrected chi connectivity index (χ3v) is 4.81. The number of nitrogens with zero attached hydrogens (tertiary/aromatic N) is 1. The second-order valence-electron chi connectivity index (χ2n) is 5.48. The highest BCUT2D eigenvalue weighted by Crippen LogP contribution is 2.41. The van der Waals surface area contributed by atoms with E-state index in [1.165, 1.54) is 17.7 Å². The maximum atomic E-state index is 6.40. The zero-order chi connectivity index (χ0) is 14.8. The standard InChI is InChI=1S/C17H18Cl2N2/c1-20-17(13-8-7-12(18)10-15(13)19)14-6-2-4-11-5-3-9-21-16(11)14/h3,5,7-10,14,17,20H,2,4,6H2,1H3. The van der Waals surface area contributed by atoms with E-state index in [2.05, 4.69) is 16.4 Å². The summed E-state index contributed by atoms with van der Waals surface area (Å²) in [5.41, 5.74) is 3.65. The van der Waals surface area contributed by atoms with Gasteiger partial charge in [0, 0.05) is 33.9 Å². The van der Waals surface area contributed by atoms with Gasteiger partial charge in [-0.3, -0.25) is 4.98 Å². The summed E-state index contributed by atoms with van der Waals surface area (Å²) in [6.07, 6.45) is 5.30. The van der Waals surface area contributed by atoms with Crippen molar-refractivity contribution in [2.75, 3.05) is 7.05 Å². The van der Waals surface area contributed by atoms with E-state index in [-0.39, 0.29) is 6.04 Å². The Labute approximate surface area is 135 Å². The van der Waals surface area contributed by atoms with Crippen LogP contribution in [0.1, 0.15) is 41.6 Å². The number of halogens is 2. The van der Waals surface area contributed by atoms with Gasteiger partial charge in [-0.2, -0.15) is 0 Å². The van der Waals surface area contributed by atoms with E-state index in [1.807, 2.05) is 37.5 Å². The van der Waals surface area contributed by atoms with Crippen LogP contribution >= 0.6 is 23.2 Å². The lowest BCUT2D eigenvalue weighted by Crippen LogP contribution is -2.27. The van der Waals surface area contributed by atoms with Gasteiger partial charge in [-0.15, -0.1) is 0 Å². The molecule has 2 unspecified atom stereocenters. The number of hydrogen-bond donors (Lipinski definition) is 1. The topological polar surface area (TPSA) is 24.9 Å². The molecule has 0 aliphatic heterocycles. The van der Waals surface area contributed by atoms with Crippen LogP contribution in [0.25, 0.3) is 0 Å². The lowest BCUT2D eigenvalue weighted by atomic mass is 9.79. The molecular formula is C17H18Cl2N2. The van der Waals surface area contributed by atoms with E-state index >= 15 is 0 Å². The minimum absolute atomic E-state index is 0.156. The molecule has 2 aromatic rings. The van der Waals surface area contributed by atoms with Crippen LogP contribution in [-0.2, 0) is 6.42 Å². The van der Waals surface area contributed by atoms with Crippen molar-refractivity contribution in [1.82, 2.24) is 10.3 Å². The Morgan fingerprint density at radius 2 is 2.14 bits per heavy atom. The summed E-state index contributed by atoms with van der Waals surface area (Å²) in [4.78, 5) is 4.63. The average Bonchev–Trinajstić information content (AvgIpc) is 2.50. The molecule has 0 spiro atoms. The molecule has 0 saturated heterocycles. The fourth-order valence-corrected chi connectivity index (χ4v) is 3.82. The first-order valence-electron chi connectivity index (χ1n) is 7.26. The molecule has 1 aromatic carbocycles. The third-order valence-electron chi connectivity index (χ3n) is 4.25. The average molecular weight is 321 g/mol. The summed E-state index contributed by atoms with van der Waals surface area (Å²) in [6, 6.07) is 10.1. The number of hydrogen-bond acceptors (Lipinski definition) is 2. The highest BCUT2D eigenvalue weighted by molar-refractivity contribution is 6.35. The van der Waals surface area contributed by atoms with Gasteiger partial charge in [0.15, 0.2) is 0 Å². The predicted octanol–water partition coefficient (Wildman–Crippen LogP) is 4.77. The zero-order valence-electron chi connectivity index (χ0n) is 11.9. The van der Waals surface area contributed by atoms with Crippen molar-refractivity contribution in [2.24, 2.45) is 0 Å². The summed E-state index contributed by atoms with van der Waals surface area (Å²) in [6.45, 7) is 0. The molecule has 0 fully saturated rings. The van der Waals surface area contributed by atoms with Gasteiger partial charge in [-0.25, -0.2) is 0 Å². The molecule has 110 valence electrons. The second-order valence-corrected chi connectivity index (χ2v) is 6.32. The van der Waals surface area contributed by atoms with Crippen LogP contribution in [0.5, 0.6) is 0 Å². The number of benzene rings is 1. The van der Waals surface area contributed by atoms with Crippen LogP contribution < -0.4 is 5.32 Å². The van der Waals surface area contributed by atoms with Gasteiger partial charge in [0.25, 0.3) is 0 Å². The Morgan fingerprint density at radius 1 is 1.29 bits per heavy atom. The number of rotatable bonds is 3. The fourth-order valence-electron chi connectivity index (χ4n) is 3.30. The first kappa shape index (κ1) is 14.8. The van der Waals surface area contributed by atoms with Crippen molar-refractivity contribution in [2.45, 2.75) is 31.2 Å². The largest absolute Gasteiger partial charge is 0.312 e. The fraction of sp³-hybridized carbons (Fsp3) is 0.353. The van der Waals surface area contributed by atoms with Crippen LogP contribution in [0, 0.1) is 0 Å². The molecule has 0 bridgehead atoms. The van der Waals surface area contributed by atoms with E-state index in [0.717, 1.165) is 18.4 Å². The Kier molecular flexibility index (Phi) is 4.48. The Morgan fingerprint density at radius 3 is 2.90 bits per heavy atom. The van der Waals surface area contributed by atoms with Crippen molar-refractivity contribution in [3.8, 4) is 0 Å². The molecule has 1 heterocycles. The Hall–Kier alpha value is -1.09. The SMILES string of the molecule is CNC(c1ccc(Cl)cc1Cl)C1CCCc2cccnc21. The van der Waals surface area contributed by atoms with Crippen LogP contribution in [0.3, 0.4) is 0 Å². The van der Waals surface area contributed by atoms with Gasteiger partial charge in [-0.1, -0.05) is 35.3 Å². The first-order chi connectivity index (χ1) is 10.2. The molecule has 0 saturated carbocycles. The zero-order valence-corrected chi connectivity index (χ0v) is 13.5. The summed E-state index contributed by atoms with van der Waals surface area (Å²) >= 11 is 12.4. The smallest absolute Gasteiger partial charge is 0.0485 e. The Bertz CT molecular complexity index is 642. The molecule has 1 aromatic heterocycles. The quantitative estimate of drug-likeness (QED) is 0.881. The van der Waals surface area contributed by atoms with Crippen LogP contribution in [0.2, 0.25) is 10.0 Å². The molecule has 21 heavy (non-hydrogen) atoms. The van der Waals surface area contributed by atoms with Crippen molar-refractivity contribution in [3.63, 3.8) is 0 Å². The Balaban J connectivity index is 2.01. The lowest BCUT2D eigenvalue weighted by molar-refractivity contribution is 0.416. The van der Waals surface area contributed by atoms with Crippen LogP contribution in [-0.4, -0.2) is 12.0 Å². The normalized spacial score (nSPS) is 19.1. The van der Waals surface area contributed by atoms with Crippen molar-refractivity contribution < 1.29 is 0 Å². The number of pyridine rings is 1. The molecule has 4 heteroatoms. The third kappa shape index (κ3) is 2.94. The molecule has 1 aliphatic carbocycles. The summed E-state index contributed by atoms with van der Waals surface area (Å²) in [5, 5.41) is 4.80. The number of nitrogens with one attached hydrogen (secondary N) is 1. The van der Waals surface area contributed by atoms with Crippen LogP contribution in [0.4, 0.5) is 0 Å². The van der Waals surface area contributed by atoms with Gasteiger partial charge in [0.2, 0.25) is 0 Å². The molecule has 1 N–H and O–H groups in total. The van der Waals surface area contributed by atoms with E-state index in [4.69, 9.17) is 23.2 Å². The molecular weight excluding hydrogens is 303 g/mol. The van der Waals surface area contributed by atoms with E-state index in [1.54, 1.807) is 0 Å². The van der Waals surface area contributed by atoms with Gasteiger partial charge < -0.3 is 5.32 Å². The number of aromatic nitrogens is 1. The molecule has 0 amide bonds. The van der Waals surface area contributed by atoms with Crippen molar-refractivity contribution >= 4 is 23.2 Å². The molecule has 1 aliphatic rings. The number of likely N-dealkylation sites (N-methyl/N-ethyl adjacent to an activating group) is 1. The van der Waals surface area contributed by atoms with E-state index < -0.39 is 0 Å². The minimum atomic E-state index is 0.156. The van der Waals surface area contributed by atoms with E-state index in [9.17, 15) is 0 Å². The predicted molar refractivity (Wildman–Crippen MR) is 88.2 cm³/mol. The summed E-state index contributed by atoms with van der Waals surface area (Å²) < 4.78 is 0. The highest BCUT2D eigenvalue weighted by Gasteiger charge is 2.30. The number of fused-ring (bicyclic) bond motifs is 1. The van der Waals surface area contributed by atoms with Gasteiger partial charge in [0.1, 0.15) is 0 Å². The van der Waals surface area contributed by atoms with Gasteiger partial charge in [0.05, 0.1) is 0 Å². The van der Waals surface area contributed by atoms with Crippen molar-refractivity contribution in [3.05, 3.63) is 63.4 Å². The molecule has 0 radical (unpaired) electrons. The maximum absolute atomic E-state index is 6.40. The van der Waals surface area contributed by atoms with Crippen LogP contribution in [0.15, 0.2) is 36.5 Å². The first-order valence-corrected chi connectivity index (χ1v) is 8.02. The molecule has 2 nitrogen and oxygen atoms in total. The highest BCUT2D eigenvalue weighted by atomic mass is 35.5. The minimum Gasteiger partial charge on any atom is -0.312 e. The summed E-state index contributed by atoms with van der Waals surface area (Å²) in [7, 11) is 1.98.